The van der Waals surface area contributed by atoms with E-state index in [2.05, 4.69) is 0 Å². The minimum atomic E-state index is -0.365. The monoisotopic (exact) mass is 347 g/mol. The number of piperidine rings is 1. The lowest BCUT2D eigenvalue weighted by atomic mass is 9.93. The molecule has 2 N–H and O–H groups in total. The first-order chi connectivity index (χ1) is 11.5. The van der Waals surface area contributed by atoms with Gasteiger partial charge in [-0.1, -0.05) is 12.1 Å². The molecule has 2 aliphatic rings. The summed E-state index contributed by atoms with van der Waals surface area (Å²) in [4.78, 5) is 40.8. The third-order valence-corrected chi connectivity index (χ3v) is 5.75. The molecule has 1 saturated heterocycles. The van der Waals surface area contributed by atoms with Crippen molar-refractivity contribution in [2.75, 3.05) is 23.7 Å². The molecule has 2 aliphatic heterocycles. The maximum absolute atomic E-state index is 12.8. The average Bonchev–Trinajstić information content (AvgIpc) is 2.57. The van der Waals surface area contributed by atoms with E-state index in [0.717, 1.165) is 17.0 Å². The predicted molar refractivity (Wildman–Crippen MR) is 92.6 cm³/mol. The number of hydrogen-bond acceptors (Lipinski definition) is 4. The fourth-order valence-corrected chi connectivity index (χ4v) is 4.18. The Balaban J connectivity index is 1.76. The molecule has 1 fully saturated rings. The van der Waals surface area contributed by atoms with Gasteiger partial charge in [-0.2, -0.15) is 0 Å². The molecular weight excluding hydrogens is 326 g/mol. The zero-order valence-electron chi connectivity index (χ0n) is 13.6. The van der Waals surface area contributed by atoms with Gasteiger partial charge in [0.1, 0.15) is 6.54 Å². The Kier molecular flexibility index (Phi) is 4.80. The molecule has 1 aromatic carbocycles. The molecule has 6 nitrogen and oxygen atoms in total. The number of nitrogens with two attached hydrogens (primary N) is 1. The SMILES string of the molecule is CC1CCC(C(N)=O)CN1C(=O)CN1C(=O)CSc2ccccc21. The number of amides is 3. The topological polar surface area (TPSA) is 83.7 Å². The van der Waals surface area contributed by atoms with Crippen LogP contribution in [0.25, 0.3) is 0 Å². The Hall–Kier alpha value is -2.02. The molecule has 0 radical (unpaired) electrons. The Morgan fingerprint density at radius 3 is 2.79 bits per heavy atom. The molecule has 3 rings (SSSR count). The second-order valence-electron chi connectivity index (χ2n) is 6.31. The number of anilines is 1. The summed E-state index contributed by atoms with van der Waals surface area (Å²) in [6, 6.07) is 7.65. The summed E-state index contributed by atoms with van der Waals surface area (Å²) in [5.74, 6) is -0.531. The van der Waals surface area contributed by atoms with Crippen molar-refractivity contribution in [1.82, 2.24) is 4.90 Å². The summed E-state index contributed by atoms with van der Waals surface area (Å²) in [6.07, 6.45) is 1.46. The number of rotatable bonds is 3. The number of primary amides is 1. The molecule has 2 heterocycles. The molecule has 0 spiro atoms. The number of para-hydroxylation sites is 1. The molecule has 0 aromatic heterocycles. The number of carbonyl (C=O) groups is 3. The molecule has 1 aromatic rings. The number of carbonyl (C=O) groups excluding carboxylic acids is 3. The third-order valence-electron chi connectivity index (χ3n) is 4.71. The summed E-state index contributed by atoms with van der Waals surface area (Å²) in [5, 5.41) is 0. The van der Waals surface area contributed by atoms with E-state index in [0.29, 0.717) is 18.7 Å². The summed E-state index contributed by atoms with van der Waals surface area (Å²) >= 11 is 1.49. The highest BCUT2D eigenvalue weighted by molar-refractivity contribution is 8.00. The van der Waals surface area contributed by atoms with Gasteiger partial charge < -0.3 is 15.5 Å². The molecule has 2 atom stereocenters. The minimum absolute atomic E-state index is 0.00618. The Morgan fingerprint density at radius 2 is 2.04 bits per heavy atom. The second kappa shape index (κ2) is 6.84. The van der Waals surface area contributed by atoms with E-state index in [-0.39, 0.29) is 36.2 Å². The molecule has 7 heteroatoms. The number of benzene rings is 1. The molecule has 0 aliphatic carbocycles. The van der Waals surface area contributed by atoms with Crippen LogP contribution in [0, 0.1) is 5.92 Å². The van der Waals surface area contributed by atoms with Gasteiger partial charge in [0.2, 0.25) is 17.7 Å². The van der Waals surface area contributed by atoms with Gasteiger partial charge in [0.05, 0.1) is 17.4 Å². The van der Waals surface area contributed by atoms with Gasteiger partial charge in [0.25, 0.3) is 0 Å². The third kappa shape index (κ3) is 3.26. The zero-order chi connectivity index (χ0) is 17.3. The van der Waals surface area contributed by atoms with Crippen molar-refractivity contribution in [2.24, 2.45) is 11.7 Å². The number of nitrogens with zero attached hydrogens (tertiary/aromatic N) is 2. The molecule has 128 valence electrons. The van der Waals surface area contributed by atoms with Crippen LogP contribution in [0.3, 0.4) is 0 Å². The lowest BCUT2D eigenvalue weighted by Gasteiger charge is -2.38. The zero-order valence-corrected chi connectivity index (χ0v) is 14.4. The van der Waals surface area contributed by atoms with Crippen LogP contribution in [-0.2, 0) is 14.4 Å². The number of hydrogen-bond donors (Lipinski definition) is 1. The van der Waals surface area contributed by atoms with Crippen LogP contribution in [-0.4, -0.2) is 47.5 Å². The smallest absolute Gasteiger partial charge is 0.242 e. The van der Waals surface area contributed by atoms with Crippen molar-refractivity contribution in [1.29, 1.82) is 0 Å². The summed E-state index contributed by atoms with van der Waals surface area (Å²) in [5.41, 5.74) is 6.18. The maximum atomic E-state index is 12.8. The highest BCUT2D eigenvalue weighted by Gasteiger charge is 2.34. The van der Waals surface area contributed by atoms with E-state index in [9.17, 15) is 14.4 Å². The van der Waals surface area contributed by atoms with E-state index in [1.807, 2.05) is 31.2 Å². The average molecular weight is 347 g/mol. The largest absolute Gasteiger partial charge is 0.369 e. The Bertz CT molecular complexity index is 679. The molecule has 0 bridgehead atoms. The van der Waals surface area contributed by atoms with Crippen molar-refractivity contribution in [3.05, 3.63) is 24.3 Å². The minimum Gasteiger partial charge on any atom is -0.369 e. The van der Waals surface area contributed by atoms with E-state index in [1.54, 1.807) is 9.80 Å². The highest BCUT2D eigenvalue weighted by Crippen LogP contribution is 2.35. The van der Waals surface area contributed by atoms with Crippen LogP contribution in [0.4, 0.5) is 5.69 Å². The van der Waals surface area contributed by atoms with Gasteiger partial charge in [-0.05, 0) is 31.9 Å². The number of thioether (sulfide) groups is 1. The molecule has 24 heavy (non-hydrogen) atoms. The van der Waals surface area contributed by atoms with Crippen LogP contribution < -0.4 is 10.6 Å². The fourth-order valence-electron chi connectivity index (χ4n) is 3.24. The van der Waals surface area contributed by atoms with Crippen molar-refractivity contribution in [3.63, 3.8) is 0 Å². The van der Waals surface area contributed by atoms with Crippen LogP contribution in [0.2, 0.25) is 0 Å². The van der Waals surface area contributed by atoms with Gasteiger partial charge in [0.15, 0.2) is 0 Å². The Morgan fingerprint density at radius 1 is 1.29 bits per heavy atom. The first-order valence-corrected chi connectivity index (χ1v) is 9.07. The van der Waals surface area contributed by atoms with Crippen molar-refractivity contribution < 1.29 is 14.4 Å². The second-order valence-corrected chi connectivity index (χ2v) is 7.33. The van der Waals surface area contributed by atoms with Gasteiger partial charge in [-0.15, -0.1) is 11.8 Å². The lowest BCUT2D eigenvalue weighted by molar-refractivity contribution is -0.137. The van der Waals surface area contributed by atoms with Crippen LogP contribution in [0.15, 0.2) is 29.2 Å². The molecule has 0 saturated carbocycles. The van der Waals surface area contributed by atoms with Gasteiger partial charge in [-0.3, -0.25) is 14.4 Å². The van der Waals surface area contributed by atoms with Crippen LogP contribution >= 0.6 is 11.8 Å². The maximum Gasteiger partial charge on any atom is 0.242 e. The van der Waals surface area contributed by atoms with E-state index < -0.39 is 0 Å². The first kappa shape index (κ1) is 16.8. The van der Waals surface area contributed by atoms with Gasteiger partial charge >= 0.3 is 0 Å². The molecular formula is C17H21N3O3S. The summed E-state index contributed by atoms with van der Waals surface area (Å²) < 4.78 is 0. The van der Waals surface area contributed by atoms with Crippen molar-refractivity contribution in [3.8, 4) is 0 Å². The first-order valence-electron chi connectivity index (χ1n) is 8.08. The van der Waals surface area contributed by atoms with Crippen LogP contribution in [0.1, 0.15) is 19.8 Å². The lowest BCUT2D eigenvalue weighted by Crippen LogP contribution is -2.52. The number of fused-ring (bicyclic) bond motifs is 1. The van der Waals surface area contributed by atoms with E-state index >= 15 is 0 Å². The van der Waals surface area contributed by atoms with Gasteiger partial charge in [0, 0.05) is 17.5 Å². The highest BCUT2D eigenvalue weighted by atomic mass is 32.2. The fraction of sp³-hybridized carbons (Fsp3) is 0.471. The van der Waals surface area contributed by atoms with Gasteiger partial charge in [-0.25, -0.2) is 0 Å². The van der Waals surface area contributed by atoms with E-state index in [4.69, 9.17) is 5.73 Å². The number of likely N-dealkylation sites (tertiary alicyclic amines) is 1. The van der Waals surface area contributed by atoms with Crippen molar-refractivity contribution >= 4 is 35.2 Å². The van der Waals surface area contributed by atoms with Crippen LogP contribution in [0.5, 0.6) is 0 Å². The quantitative estimate of drug-likeness (QED) is 0.892. The molecule has 3 amide bonds. The van der Waals surface area contributed by atoms with Crippen molar-refractivity contribution in [2.45, 2.75) is 30.7 Å². The normalized spacial score (nSPS) is 23.8. The summed E-state index contributed by atoms with van der Waals surface area (Å²) in [7, 11) is 0. The summed E-state index contributed by atoms with van der Waals surface area (Å²) in [6.45, 7) is 2.32. The Labute approximate surface area is 145 Å². The standard InChI is InChI=1S/C17H21N3O3S/c1-11-6-7-12(17(18)23)8-19(11)15(21)9-20-13-4-2-3-5-14(13)24-10-16(20)22/h2-5,11-12H,6-10H2,1H3,(H2,18,23). The predicted octanol–water partition coefficient (Wildman–Crippen LogP) is 1.24. The molecule has 2 unspecified atom stereocenters. The van der Waals surface area contributed by atoms with E-state index in [1.165, 1.54) is 11.8 Å².